The third kappa shape index (κ3) is 5.48. The van der Waals surface area contributed by atoms with Gasteiger partial charge in [-0.1, -0.05) is 158 Å². The third-order valence-electron chi connectivity index (χ3n) is 9.12. The monoisotopic (exact) mass is 626 g/mol. The number of hydrogen-bond acceptors (Lipinski definition) is 3. The molecule has 0 saturated carbocycles. The van der Waals surface area contributed by atoms with Crippen molar-refractivity contribution < 1.29 is 4.42 Å². The summed E-state index contributed by atoms with van der Waals surface area (Å²) >= 11 is 0. The molecule has 2 heterocycles. The third-order valence-corrected chi connectivity index (χ3v) is 9.12. The molecule has 3 nitrogen and oxygen atoms in total. The van der Waals surface area contributed by atoms with Gasteiger partial charge in [0, 0.05) is 16.5 Å². The van der Waals surface area contributed by atoms with Crippen LogP contribution in [0.4, 0.5) is 0 Å². The maximum Gasteiger partial charge on any atom is 0.231 e. The summed E-state index contributed by atoms with van der Waals surface area (Å²) in [5.41, 5.74) is 13.5. The largest absolute Gasteiger partial charge is 0.438 e. The van der Waals surface area contributed by atoms with Crippen LogP contribution in [0.25, 0.3) is 89.2 Å². The zero-order valence-electron chi connectivity index (χ0n) is 26.6. The summed E-state index contributed by atoms with van der Waals surface area (Å²) in [6.07, 6.45) is 0. The highest BCUT2D eigenvalue weighted by atomic mass is 16.3. The van der Waals surface area contributed by atoms with E-state index in [4.69, 9.17) is 14.4 Å². The Balaban J connectivity index is 1.12. The number of rotatable bonds is 6. The summed E-state index contributed by atoms with van der Waals surface area (Å²) < 4.78 is 6.34. The van der Waals surface area contributed by atoms with Crippen molar-refractivity contribution in [1.29, 1.82) is 0 Å². The maximum atomic E-state index is 6.34. The highest BCUT2D eigenvalue weighted by Gasteiger charge is 2.18. The Morgan fingerprint density at radius 2 is 0.755 bits per heavy atom. The van der Waals surface area contributed by atoms with E-state index >= 15 is 0 Å². The molecule has 49 heavy (non-hydrogen) atoms. The van der Waals surface area contributed by atoms with Crippen LogP contribution in [0, 0.1) is 0 Å². The molecule has 0 radical (unpaired) electrons. The van der Waals surface area contributed by atoms with Gasteiger partial charge in [-0.15, -0.1) is 0 Å². The summed E-state index contributed by atoms with van der Waals surface area (Å²) in [7, 11) is 0. The van der Waals surface area contributed by atoms with E-state index in [1.165, 1.54) is 27.8 Å². The lowest BCUT2D eigenvalue weighted by atomic mass is 9.95. The predicted octanol–water partition coefficient (Wildman–Crippen LogP) is 12.4. The molecule has 0 unspecified atom stereocenters. The second-order valence-electron chi connectivity index (χ2n) is 12.2. The minimum absolute atomic E-state index is 0.582. The van der Waals surface area contributed by atoms with Crippen molar-refractivity contribution >= 4 is 22.1 Å². The molecule has 9 aromatic rings. The Morgan fingerprint density at radius 3 is 1.37 bits per heavy atom. The maximum absolute atomic E-state index is 6.34. The van der Waals surface area contributed by atoms with E-state index in [1.807, 2.05) is 24.3 Å². The smallest absolute Gasteiger partial charge is 0.231 e. The lowest BCUT2D eigenvalue weighted by molar-refractivity contribution is 0.653. The summed E-state index contributed by atoms with van der Waals surface area (Å²) in [4.78, 5) is 10.2. The van der Waals surface area contributed by atoms with Crippen LogP contribution in [0.1, 0.15) is 0 Å². The summed E-state index contributed by atoms with van der Waals surface area (Å²) in [6, 6.07) is 63.5. The molecule has 0 N–H and O–H groups in total. The molecule has 0 amide bonds. The second-order valence-corrected chi connectivity index (χ2v) is 12.2. The first-order valence-corrected chi connectivity index (χ1v) is 16.5. The number of hydrogen-bond donors (Lipinski definition) is 0. The van der Waals surface area contributed by atoms with Gasteiger partial charge < -0.3 is 4.42 Å². The van der Waals surface area contributed by atoms with Crippen molar-refractivity contribution in [3.8, 4) is 67.2 Å². The van der Waals surface area contributed by atoms with E-state index in [-0.39, 0.29) is 0 Å². The van der Waals surface area contributed by atoms with Crippen LogP contribution in [0.2, 0.25) is 0 Å². The summed E-state index contributed by atoms with van der Waals surface area (Å²) in [5, 5.41) is 1.93. The van der Waals surface area contributed by atoms with Gasteiger partial charge in [0.1, 0.15) is 5.58 Å². The molecule has 0 aliphatic heterocycles. The number of para-hydroxylation sites is 1. The van der Waals surface area contributed by atoms with Crippen LogP contribution < -0.4 is 0 Å². The molecular formula is C46H30N2O. The van der Waals surface area contributed by atoms with E-state index < -0.39 is 0 Å². The van der Waals surface area contributed by atoms with Gasteiger partial charge in [0.15, 0.2) is 5.82 Å². The van der Waals surface area contributed by atoms with Crippen molar-refractivity contribution in [2.75, 3.05) is 0 Å². The Morgan fingerprint density at radius 1 is 0.327 bits per heavy atom. The first-order chi connectivity index (χ1) is 24.3. The summed E-state index contributed by atoms with van der Waals surface area (Å²) in [6.45, 7) is 0. The molecule has 3 heteroatoms. The second kappa shape index (κ2) is 12.2. The molecule has 7 aromatic carbocycles. The van der Waals surface area contributed by atoms with E-state index in [1.54, 1.807) is 0 Å². The van der Waals surface area contributed by atoms with Gasteiger partial charge in [-0.05, 0) is 68.8 Å². The Kier molecular flexibility index (Phi) is 7.14. The average molecular weight is 627 g/mol. The van der Waals surface area contributed by atoms with Gasteiger partial charge >= 0.3 is 0 Å². The van der Waals surface area contributed by atoms with Crippen molar-refractivity contribution in [3.05, 3.63) is 182 Å². The van der Waals surface area contributed by atoms with Crippen LogP contribution >= 0.6 is 0 Å². The van der Waals surface area contributed by atoms with Crippen molar-refractivity contribution in [2.24, 2.45) is 0 Å². The Bertz CT molecular complexity index is 2590. The molecular weight excluding hydrogens is 597 g/mol. The van der Waals surface area contributed by atoms with Gasteiger partial charge in [0.05, 0.1) is 11.1 Å². The molecule has 2 aromatic heterocycles. The zero-order chi connectivity index (χ0) is 32.6. The van der Waals surface area contributed by atoms with Crippen LogP contribution in [-0.2, 0) is 0 Å². The molecule has 9 rings (SSSR count). The first kappa shape index (κ1) is 28.6. The van der Waals surface area contributed by atoms with E-state index in [2.05, 4.69) is 158 Å². The van der Waals surface area contributed by atoms with Crippen molar-refractivity contribution in [1.82, 2.24) is 9.97 Å². The van der Waals surface area contributed by atoms with Gasteiger partial charge in [0.2, 0.25) is 5.71 Å². The first-order valence-electron chi connectivity index (χ1n) is 16.5. The van der Waals surface area contributed by atoms with Crippen LogP contribution in [0.5, 0.6) is 0 Å². The quantitative estimate of drug-likeness (QED) is 0.184. The average Bonchev–Trinajstić information content (AvgIpc) is 3.57. The molecule has 230 valence electrons. The van der Waals surface area contributed by atoms with Crippen LogP contribution in [0.15, 0.2) is 186 Å². The Hall–Kier alpha value is -6.58. The molecule has 0 atom stereocenters. The van der Waals surface area contributed by atoms with Gasteiger partial charge in [-0.2, -0.15) is 4.98 Å². The zero-order valence-corrected chi connectivity index (χ0v) is 26.6. The molecule has 0 aliphatic carbocycles. The van der Waals surface area contributed by atoms with E-state index in [0.717, 1.165) is 49.9 Å². The van der Waals surface area contributed by atoms with Crippen molar-refractivity contribution in [3.63, 3.8) is 0 Å². The minimum Gasteiger partial charge on any atom is -0.438 e. The number of aromatic nitrogens is 2. The van der Waals surface area contributed by atoms with Gasteiger partial charge in [-0.25, -0.2) is 4.98 Å². The van der Waals surface area contributed by atoms with E-state index in [0.29, 0.717) is 11.5 Å². The number of nitrogens with zero attached hydrogens (tertiary/aromatic N) is 2. The molecule has 0 fully saturated rings. The molecule has 0 spiro atoms. The SMILES string of the molecule is c1ccc(-c2ccc(-c3nc(-c4cccc(-c5cccc(-c6cccc(-c7ccccc7)c6)c5)c4)nc4oc5ccccc5c34)cc2)cc1. The molecule has 0 aliphatic rings. The minimum atomic E-state index is 0.582. The lowest BCUT2D eigenvalue weighted by Crippen LogP contribution is -1.94. The molecule has 0 bridgehead atoms. The van der Waals surface area contributed by atoms with Crippen molar-refractivity contribution in [2.45, 2.75) is 0 Å². The van der Waals surface area contributed by atoms with Gasteiger partial charge in [0.25, 0.3) is 0 Å². The van der Waals surface area contributed by atoms with Crippen LogP contribution in [-0.4, -0.2) is 9.97 Å². The number of fused-ring (bicyclic) bond motifs is 3. The lowest BCUT2D eigenvalue weighted by Gasteiger charge is -2.11. The highest BCUT2D eigenvalue weighted by Crippen LogP contribution is 2.38. The highest BCUT2D eigenvalue weighted by molar-refractivity contribution is 6.10. The normalized spacial score (nSPS) is 11.3. The molecule has 0 saturated heterocycles. The Labute approximate surface area is 284 Å². The fourth-order valence-corrected chi connectivity index (χ4v) is 6.64. The topological polar surface area (TPSA) is 38.9 Å². The fraction of sp³-hybridized carbons (Fsp3) is 0. The van der Waals surface area contributed by atoms with Gasteiger partial charge in [-0.3, -0.25) is 0 Å². The standard InChI is InChI=1S/C46H30N2O/c1-3-12-31(13-4-1)33-24-26-34(27-25-33)44-43-41-22-7-8-23-42(41)49-46(43)48-45(47-44)40-21-11-20-39(30-40)38-19-10-18-37(29-38)36-17-9-16-35(28-36)32-14-5-2-6-15-32/h1-30H. The number of furan rings is 1. The predicted molar refractivity (Wildman–Crippen MR) is 202 cm³/mol. The van der Waals surface area contributed by atoms with Crippen LogP contribution in [0.3, 0.4) is 0 Å². The number of benzene rings is 7. The summed E-state index contributed by atoms with van der Waals surface area (Å²) in [5.74, 6) is 0.627. The van der Waals surface area contributed by atoms with E-state index in [9.17, 15) is 0 Å². The fourth-order valence-electron chi connectivity index (χ4n) is 6.64.